The Kier molecular flexibility index (Phi) is 9.80. The van der Waals surface area contributed by atoms with Crippen LogP contribution >= 0.6 is 0 Å². The third kappa shape index (κ3) is 6.14. The van der Waals surface area contributed by atoms with Crippen molar-refractivity contribution >= 4 is 54.9 Å². The van der Waals surface area contributed by atoms with Crippen LogP contribution in [0, 0.1) is 6.92 Å². The quantitative estimate of drug-likeness (QED) is 0.178. The average molecular weight is 762 g/mol. The molecule has 3 nitrogen and oxygen atoms in total. The Balaban J connectivity index is 0.000000861. The summed E-state index contributed by atoms with van der Waals surface area (Å²) in [5.41, 5.74) is 25.6. The molecule has 0 bridgehead atoms. The molecule has 0 unspecified atom stereocenters. The van der Waals surface area contributed by atoms with E-state index in [1.807, 2.05) is 20.8 Å². The molecule has 0 radical (unpaired) electrons. The second-order valence-electron chi connectivity index (χ2n) is 14.8. The summed E-state index contributed by atoms with van der Waals surface area (Å²) in [5.74, 6) is 0. The first kappa shape index (κ1) is 37.2. The van der Waals surface area contributed by atoms with Crippen LogP contribution in [0.2, 0.25) is 0 Å². The highest BCUT2D eigenvalue weighted by molar-refractivity contribution is 6.13. The minimum absolute atomic E-state index is 0.793. The fourth-order valence-corrected chi connectivity index (χ4v) is 8.97. The van der Waals surface area contributed by atoms with Crippen molar-refractivity contribution in [1.82, 2.24) is 9.13 Å². The second-order valence-corrected chi connectivity index (χ2v) is 14.8. The molecule has 0 aliphatic heterocycles. The molecule has 11 rings (SSSR count). The van der Waals surface area contributed by atoms with Crippen LogP contribution in [0.5, 0.6) is 0 Å². The third-order valence-electron chi connectivity index (χ3n) is 11.4. The normalized spacial score (nSPS) is 12.4. The van der Waals surface area contributed by atoms with Gasteiger partial charge < -0.3 is 14.9 Å². The minimum atomic E-state index is 0.793. The Morgan fingerprint density at radius 1 is 0.475 bits per heavy atom. The number of fused-ring (bicyclic) bond motifs is 9. The molecule has 0 saturated carbocycles. The maximum atomic E-state index is 7.24. The molecule has 2 N–H and O–H groups in total. The van der Waals surface area contributed by atoms with Gasteiger partial charge in [0.1, 0.15) is 0 Å². The fourth-order valence-electron chi connectivity index (χ4n) is 8.97. The number of hydrogen-bond donors (Lipinski definition) is 1. The molecule has 2 heterocycles. The van der Waals surface area contributed by atoms with Gasteiger partial charge in [-0.3, -0.25) is 0 Å². The molecule has 0 spiro atoms. The van der Waals surface area contributed by atoms with E-state index in [4.69, 9.17) is 5.73 Å². The van der Waals surface area contributed by atoms with Gasteiger partial charge in [0, 0.05) is 49.8 Å². The molecule has 1 aliphatic carbocycles. The van der Waals surface area contributed by atoms with E-state index in [9.17, 15) is 0 Å². The molecule has 286 valence electrons. The summed E-state index contributed by atoms with van der Waals surface area (Å²) in [6.07, 6.45) is 1.75. The number of aryl methyl sites for hydroxylation is 1. The summed E-state index contributed by atoms with van der Waals surface area (Å²) in [5, 5.41) is 4.95. The van der Waals surface area contributed by atoms with Gasteiger partial charge in [-0.1, -0.05) is 147 Å². The van der Waals surface area contributed by atoms with E-state index >= 15 is 0 Å². The van der Waals surface area contributed by atoms with Gasteiger partial charge >= 0.3 is 0 Å². The molecule has 0 amide bonds. The number of hydrogen-bond acceptors (Lipinski definition) is 1. The largest absolute Gasteiger partial charge is 0.398 e. The first-order chi connectivity index (χ1) is 29.1. The van der Waals surface area contributed by atoms with E-state index in [-0.39, 0.29) is 0 Å². The van der Waals surface area contributed by atoms with E-state index in [1.165, 1.54) is 77.0 Å². The number of para-hydroxylation sites is 3. The van der Waals surface area contributed by atoms with E-state index in [1.54, 1.807) is 6.08 Å². The highest BCUT2D eigenvalue weighted by Gasteiger charge is 2.27. The van der Waals surface area contributed by atoms with Crippen LogP contribution in [0.4, 0.5) is 0 Å². The van der Waals surface area contributed by atoms with Gasteiger partial charge in [-0.05, 0) is 107 Å². The molecular weight excluding hydrogens is 715 g/mol. The first-order valence-corrected chi connectivity index (χ1v) is 20.6. The molecule has 0 atom stereocenters. The van der Waals surface area contributed by atoms with Crippen molar-refractivity contribution in [3.8, 4) is 33.6 Å². The Labute approximate surface area is 346 Å². The van der Waals surface area contributed by atoms with Crippen molar-refractivity contribution < 1.29 is 0 Å². The highest BCUT2D eigenvalue weighted by Crippen LogP contribution is 2.48. The van der Waals surface area contributed by atoms with Crippen molar-refractivity contribution in [2.45, 2.75) is 27.7 Å². The molecule has 1 aliphatic rings. The third-order valence-corrected chi connectivity index (χ3v) is 11.4. The van der Waals surface area contributed by atoms with Crippen molar-refractivity contribution in [1.29, 1.82) is 0 Å². The fraction of sp³-hybridized carbons (Fsp3) is 0.0714. The van der Waals surface area contributed by atoms with Gasteiger partial charge in [-0.25, -0.2) is 0 Å². The molecule has 3 heteroatoms. The summed E-state index contributed by atoms with van der Waals surface area (Å²) < 4.78 is 4.77. The molecular formula is C56H47N3. The lowest BCUT2D eigenvalue weighted by atomic mass is 9.95. The lowest BCUT2D eigenvalue weighted by Crippen LogP contribution is -2.03. The van der Waals surface area contributed by atoms with Crippen LogP contribution in [0.25, 0.3) is 88.5 Å². The number of rotatable bonds is 4. The van der Waals surface area contributed by atoms with Crippen molar-refractivity contribution in [2.24, 2.45) is 5.73 Å². The lowest BCUT2D eigenvalue weighted by Gasteiger charge is -2.14. The number of benzene rings is 8. The zero-order valence-corrected chi connectivity index (χ0v) is 34.1. The van der Waals surface area contributed by atoms with Gasteiger partial charge in [0.2, 0.25) is 0 Å². The van der Waals surface area contributed by atoms with E-state index in [0.29, 0.717) is 0 Å². The molecule has 10 aromatic rings. The SMILES string of the molecule is C=CC.CC.Cc1cccc2c1/C(=C(\N)c1cccc(-n3c4ccccc4c4ccc(-c5ccc6c(c5)c5ccccc5n6-c5ccccc5)cc43)c1)c1ccccc1-2. The monoisotopic (exact) mass is 761 g/mol. The summed E-state index contributed by atoms with van der Waals surface area (Å²) in [6.45, 7) is 11.4. The van der Waals surface area contributed by atoms with Crippen LogP contribution in [-0.2, 0) is 0 Å². The van der Waals surface area contributed by atoms with Gasteiger partial charge in [-0.2, -0.15) is 0 Å². The molecule has 0 saturated heterocycles. The molecule has 8 aromatic carbocycles. The molecule has 59 heavy (non-hydrogen) atoms. The van der Waals surface area contributed by atoms with Gasteiger partial charge in [-0.15, -0.1) is 6.58 Å². The number of nitrogens with zero attached hydrogens (tertiary/aromatic N) is 2. The maximum absolute atomic E-state index is 7.24. The van der Waals surface area contributed by atoms with Gasteiger partial charge in [0.15, 0.2) is 0 Å². The van der Waals surface area contributed by atoms with Gasteiger partial charge in [0.25, 0.3) is 0 Å². The predicted octanol–water partition coefficient (Wildman–Crippen LogP) is 14.9. The number of nitrogens with two attached hydrogens (primary N) is 1. The van der Waals surface area contributed by atoms with Crippen LogP contribution < -0.4 is 5.73 Å². The summed E-state index contributed by atoms with van der Waals surface area (Å²) in [4.78, 5) is 0. The number of aromatic nitrogens is 2. The first-order valence-electron chi connectivity index (χ1n) is 20.6. The lowest BCUT2D eigenvalue weighted by molar-refractivity contribution is 1.18. The summed E-state index contributed by atoms with van der Waals surface area (Å²) in [6, 6.07) is 65.8. The molecule has 2 aromatic heterocycles. The van der Waals surface area contributed by atoms with E-state index in [2.05, 4.69) is 205 Å². The Hall–Kier alpha value is -7.36. The smallest absolute Gasteiger partial charge is 0.0547 e. The van der Waals surface area contributed by atoms with Crippen LogP contribution in [0.15, 0.2) is 195 Å². The van der Waals surface area contributed by atoms with Crippen molar-refractivity contribution in [2.75, 3.05) is 0 Å². The van der Waals surface area contributed by atoms with Crippen LogP contribution in [0.1, 0.15) is 43.0 Å². The Morgan fingerprint density at radius 3 is 1.75 bits per heavy atom. The second kappa shape index (κ2) is 15.5. The summed E-state index contributed by atoms with van der Waals surface area (Å²) >= 11 is 0. The maximum Gasteiger partial charge on any atom is 0.0547 e. The van der Waals surface area contributed by atoms with Crippen molar-refractivity contribution in [3.05, 3.63) is 217 Å². The predicted molar refractivity (Wildman–Crippen MR) is 254 cm³/mol. The average Bonchev–Trinajstić information content (AvgIpc) is 3.93. The van der Waals surface area contributed by atoms with Crippen LogP contribution in [0.3, 0.4) is 0 Å². The summed E-state index contributed by atoms with van der Waals surface area (Å²) in [7, 11) is 0. The standard InChI is InChI=1S/C51H35N3.C3H6.C2H6/c1-32-13-11-22-42-38-18-5-6-21-43(38)50(49(32)42)51(52)35-14-12-17-37(29-35)54-45-23-9-7-19-39(45)41-27-25-34(31-48(41)54)33-26-28-47-44(30-33)40-20-8-10-24-46(40)53(47)36-15-3-2-4-16-36;1-3-2;1-2/h2-31H,52H2,1H3;3H,1H2,2H3;1-2H3/b51-50-;;. The molecule has 0 fully saturated rings. The van der Waals surface area contributed by atoms with Gasteiger partial charge in [0.05, 0.1) is 22.1 Å². The number of allylic oxidation sites excluding steroid dienone is 1. The Morgan fingerprint density at radius 2 is 1.00 bits per heavy atom. The van der Waals surface area contributed by atoms with E-state index < -0.39 is 0 Å². The van der Waals surface area contributed by atoms with Crippen molar-refractivity contribution in [3.63, 3.8) is 0 Å². The van der Waals surface area contributed by atoms with Crippen LogP contribution in [-0.4, -0.2) is 9.13 Å². The highest BCUT2D eigenvalue weighted by atomic mass is 15.0. The topological polar surface area (TPSA) is 35.9 Å². The van der Waals surface area contributed by atoms with E-state index in [0.717, 1.165) is 33.7 Å². The Bertz CT molecular complexity index is 3230. The zero-order valence-electron chi connectivity index (χ0n) is 34.1. The minimum Gasteiger partial charge on any atom is -0.398 e. The zero-order chi connectivity index (χ0) is 40.6.